The lowest BCUT2D eigenvalue weighted by molar-refractivity contribution is -0.137. The van der Waals surface area contributed by atoms with Gasteiger partial charge in [-0.2, -0.15) is 18.3 Å². The van der Waals surface area contributed by atoms with Gasteiger partial charge in [0.2, 0.25) is 0 Å². The minimum atomic E-state index is -4.62. The lowest BCUT2D eigenvalue weighted by Gasteiger charge is -2.14. The summed E-state index contributed by atoms with van der Waals surface area (Å²) in [7, 11) is 0. The highest BCUT2D eigenvalue weighted by atomic mass is 19.4. The highest BCUT2D eigenvalue weighted by Gasteiger charge is 2.34. The minimum absolute atomic E-state index is 0.0169. The molecule has 0 radical (unpaired) electrons. The van der Waals surface area contributed by atoms with Crippen LogP contribution < -0.4 is 5.32 Å². The number of pyridine rings is 1. The fourth-order valence-corrected chi connectivity index (χ4v) is 3.90. The molecule has 0 saturated heterocycles. The number of aromatic nitrogens is 4. The number of halogens is 3. The number of nitrogens with one attached hydrogen (secondary N) is 2. The lowest BCUT2D eigenvalue weighted by Crippen LogP contribution is -2.16. The molecule has 1 amide bonds. The molecule has 0 fully saturated rings. The van der Waals surface area contributed by atoms with Crippen molar-refractivity contribution < 1.29 is 23.1 Å². The van der Waals surface area contributed by atoms with Crippen LogP contribution in [0, 0.1) is 0 Å². The first-order valence-corrected chi connectivity index (χ1v) is 10.6. The van der Waals surface area contributed by atoms with Gasteiger partial charge < -0.3 is 10.4 Å². The third-order valence-electron chi connectivity index (χ3n) is 5.54. The van der Waals surface area contributed by atoms with Gasteiger partial charge in [-0.3, -0.25) is 14.3 Å². The highest BCUT2D eigenvalue weighted by Crippen LogP contribution is 2.37. The monoisotopic (exact) mass is 477 g/mol. The summed E-state index contributed by atoms with van der Waals surface area (Å²) in [5.74, 6) is -0.295. The Bertz CT molecular complexity index is 1510. The van der Waals surface area contributed by atoms with Gasteiger partial charge in [0.15, 0.2) is 0 Å². The highest BCUT2D eigenvalue weighted by molar-refractivity contribution is 6.06. The fraction of sp³-hybridized carbons (Fsp3) is 0.0800. The molecule has 2 aromatic carbocycles. The fourth-order valence-electron chi connectivity index (χ4n) is 3.90. The number of imidazole rings is 1. The van der Waals surface area contributed by atoms with Crippen LogP contribution in [-0.2, 0) is 12.8 Å². The number of amides is 1. The number of carbonyl (C=O) groups excluding carboxylic acids is 1. The van der Waals surface area contributed by atoms with E-state index >= 15 is 0 Å². The van der Waals surface area contributed by atoms with Gasteiger partial charge in [-0.05, 0) is 30.3 Å². The van der Waals surface area contributed by atoms with Crippen LogP contribution in [0.1, 0.15) is 21.5 Å². The summed E-state index contributed by atoms with van der Waals surface area (Å²) in [5, 5.41) is 18.9. The number of hydrogen-bond donors (Lipinski definition) is 3. The zero-order chi connectivity index (χ0) is 24.6. The van der Waals surface area contributed by atoms with Gasteiger partial charge in [0.05, 0.1) is 17.9 Å². The van der Waals surface area contributed by atoms with E-state index in [1.54, 1.807) is 22.7 Å². The molecule has 0 aliphatic rings. The molecule has 10 heteroatoms. The number of nitrogens with zero attached hydrogens (tertiary/aromatic N) is 3. The van der Waals surface area contributed by atoms with Crippen molar-refractivity contribution in [1.82, 2.24) is 19.6 Å². The Balaban J connectivity index is 1.61. The number of fused-ring (bicyclic) bond motifs is 1. The minimum Gasteiger partial charge on any atom is -0.392 e. The molecule has 3 aromatic heterocycles. The molecular weight excluding hydrogens is 459 g/mol. The Morgan fingerprint density at radius 1 is 1.06 bits per heavy atom. The number of alkyl halides is 3. The zero-order valence-electron chi connectivity index (χ0n) is 18.0. The predicted octanol–water partition coefficient (Wildman–Crippen LogP) is 5.15. The third-order valence-corrected chi connectivity index (χ3v) is 5.54. The van der Waals surface area contributed by atoms with Gasteiger partial charge in [-0.1, -0.05) is 36.4 Å². The van der Waals surface area contributed by atoms with Crippen LogP contribution >= 0.6 is 0 Å². The Hall–Kier alpha value is -4.44. The first kappa shape index (κ1) is 22.4. The number of anilines is 1. The van der Waals surface area contributed by atoms with Crippen molar-refractivity contribution in [3.8, 4) is 22.5 Å². The van der Waals surface area contributed by atoms with Crippen molar-refractivity contribution in [1.29, 1.82) is 0 Å². The number of H-pyrrole nitrogens is 1. The van der Waals surface area contributed by atoms with Crippen LogP contribution in [-0.4, -0.2) is 30.6 Å². The number of benzene rings is 2. The number of aromatic amines is 1. The molecule has 176 valence electrons. The second-order valence-corrected chi connectivity index (χ2v) is 7.73. The molecular formula is C25H18F3N5O2. The molecule has 0 aliphatic carbocycles. The van der Waals surface area contributed by atoms with Gasteiger partial charge in [-0.25, -0.2) is 4.98 Å². The maximum Gasteiger partial charge on any atom is 0.417 e. The summed E-state index contributed by atoms with van der Waals surface area (Å²) in [6, 6.07) is 17.1. The van der Waals surface area contributed by atoms with Gasteiger partial charge >= 0.3 is 6.18 Å². The van der Waals surface area contributed by atoms with Crippen molar-refractivity contribution in [2.24, 2.45) is 0 Å². The summed E-state index contributed by atoms with van der Waals surface area (Å²) in [6.07, 6.45) is -1.52. The molecule has 5 rings (SSSR count). The smallest absolute Gasteiger partial charge is 0.392 e. The van der Waals surface area contributed by atoms with Crippen molar-refractivity contribution in [2.75, 3.05) is 5.32 Å². The van der Waals surface area contributed by atoms with Crippen LogP contribution in [0.4, 0.5) is 19.0 Å². The molecule has 0 unspecified atom stereocenters. The molecule has 5 aromatic rings. The molecule has 0 saturated carbocycles. The van der Waals surface area contributed by atoms with Crippen LogP contribution in [0.3, 0.4) is 0 Å². The van der Waals surface area contributed by atoms with E-state index in [0.717, 1.165) is 17.7 Å². The Morgan fingerprint density at radius 2 is 1.86 bits per heavy atom. The van der Waals surface area contributed by atoms with E-state index in [1.165, 1.54) is 18.3 Å². The maximum atomic E-state index is 13.6. The lowest BCUT2D eigenvalue weighted by atomic mass is 10.0. The van der Waals surface area contributed by atoms with Crippen LogP contribution in [0.15, 0.2) is 79.1 Å². The first-order valence-electron chi connectivity index (χ1n) is 10.6. The van der Waals surface area contributed by atoms with Crippen molar-refractivity contribution in [3.63, 3.8) is 0 Å². The first-order chi connectivity index (χ1) is 16.9. The van der Waals surface area contributed by atoms with E-state index in [1.807, 2.05) is 30.3 Å². The van der Waals surface area contributed by atoms with E-state index in [0.29, 0.717) is 22.7 Å². The van der Waals surface area contributed by atoms with E-state index in [4.69, 9.17) is 0 Å². The van der Waals surface area contributed by atoms with Gasteiger partial charge in [0.1, 0.15) is 17.2 Å². The van der Waals surface area contributed by atoms with Crippen LogP contribution in [0.5, 0.6) is 0 Å². The molecule has 3 N–H and O–H groups in total. The summed E-state index contributed by atoms with van der Waals surface area (Å²) in [4.78, 5) is 17.9. The number of rotatable bonds is 5. The van der Waals surface area contributed by atoms with Crippen molar-refractivity contribution >= 4 is 17.4 Å². The summed E-state index contributed by atoms with van der Waals surface area (Å²) >= 11 is 0. The zero-order valence-corrected chi connectivity index (χ0v) is 18.0. The van der Waals surface area contributed by atoms with Gasteiger partial charge in [0, 0.05) is 34.6 Å². The molecule has 0 bridgehead atoms. The molecule has 0 spiro atoms. The second kappa shape index (κ2) is 8.73. The standard InChI is InChI=1S/C25H18F3N5O2/c26-25(27,28)19-9-8-16(13-18(19)20-10-11-29-32-20)24(35)31-23-21(15-5-2-1-3-6-15)30-22-17(14-34)7-4-12-33(22)23/h1-13,34H,14H2,(H,29,32)(H,31,35). The number of carbonyl (C=O) groups is 1. The predicted molar refractivity (Wildman–Crippen MR) is 124 cm³/mol. The number of aliphatic hydroxyl groups is 1. The largest absolute Gasteiger partial charge is 0.417 e. The van der Waals surface area contributed by atoms with E-state index < -0.39 is 17.6 Å². The third kappa shape index (κ3) is 4.15. The Morgan fingerprint density at radius 3 is 2.54 bits per heavy atom. The van der Waals surface area contributed by atoms with Crippen LogP contribution in [0.25, 0.3) is 28.2 Å². The van der Waals surface area contributed by atoms with Crippen molar-refractivity contribution in [3.05, 3.63) is 95.8 Å². The normalized spacial score (nSPS) is 11.7. The summed E-state index contributed by atoms with van der Waals surface area (Å²) in [5.41, 5.74) is 1.17. The topological polar surface area (TPSA) is 95.3 Å². The van der Waals surface area contributed by atoms with Gasteiger partial charge in [-0.15, -0.1) is 0 Å². The SMILES string of the molecule is O=C(Nc1c(-c2ccccc2)nc2c(CO)cccn12)c1ccc(C(F)(F)F)c(-c2cc[nH]n2)c1. The number of aliphatic hydroxyl groups excluding tert-OH is 1. The molecule has 3 heterocycles. The van der Waals surface area contributed by atoms with Crippen molar-refractivity contribution in [2.45, 2.75) is 12.8 Å². The summed E-state index contributed by atoms with van der Waals surface area (Å²) < 4.78 is 42.4. The van der Waals surface area contributed by atoms with E-state index in [9.17, 15) is 23.1 Å². The molecule has 7 nitrogen and oxygen atoms in total. The Labute approximate surface area is 196 Å². The second-order valence-electron chi connectivity index (χ2n) is 7.73. The average molecular weight is 477 g/mol. The Kier molecular flexibility index (Phi) is 5.58. The molecule has 0 aliphatic heterocycles. The van der Waals surface area contributed by atoms with E-state index in [-0.39, 0.29) is 23.4 Å². The number of hydrogen-bond acceptors (Lipinski definition) is 4. The van der Waals surface area contributed by atoms with Gasteiger partial charge in [0.25, 0.3) is 5.91 Å². The molecule has 35 heavy (non-hydrogen) atoms. The molecule has 0 atom stereocenters. The maximum absolute atomic E-state index is 13.6. The summed E-state index contributed by atoms with van der Waals surface area (Å²) in [6.45, 7) is -0.255. The average Bonchev–Trinajstić information content (AvgIpc) is 3.52. The van der Waals surface area contributed by atoms with Crippen LogP contribution in [0.2, 0.25) is 0 Å². The van der Waals surface area contributed by atoms with E-state index in [2.05, 4.69) is 20.5 Å². The quantitative estimate of drug-likeness (QED) is 0.326.